The van der Waals surface area contributed by atoms with Crippen molar-refractivity contribution in [1.82, 2.24) is 0 Å². The maximum Gasteiger partial charge on any atom is 0.0767 e. The van der Waals surface area contributed by atoms with Gasteiger partial charge in [-0.1, -0.05) is 42.5 Å². The van der Waals surface area contributed by atoms with Crippen LogP contribution in [0, 0.1) is 5.92 Å². The molecular formula is C14H18O2. The van der Waals surface area contributed by atoms with Gasteiger partial charge in [-0.25, -0.2) is 0 Å². The lowest BCUT2D eigenvalue weighted by Crippen LogP contribution is -2.11. The fraction of sp³-hybridized carbons (Fsp3) is 0.429. The highest BCUT2D eigenvalue weighted by atomic mass is 16.5. The Morgan fingerprint density at radius 3 is 2.75 bits per heavy atom. The summed E-state index contributed by atoms with van der Waals surface area (Å²) >= 11 is 0. The Hall–Kier alpha value is -1.12. The maximum atomic E-state index is 5.82. The van der Waals surface area contributed by atoms with E-state index in [0.717, 1.165) is 13.0 Å². The molecule has 1 aliphatic carbocycles. The Balaban J connectivity index is 1.74. The van der Waals surface area contributed by atoms with Crippen molar-refractivity contribution in [2.45, 2.75) is 19.1 Å². The lowest BCUT2D eigenvalue weighted by Gasteiger charge is -2.12. The molecule has 0 aromatic heterocycles. The average molecular weight is 218 g/mol. The van der Waals surface area contributed by atoms with Gasteiger partial charge >= 0.3 is 0 Å². The smallest absolute Gasteiger partial charge is 0.0767 e. The van der Waals surface area contributed by atoms with Crippen LogP contribution in [0.25, 0.3) is 0 Å². The molecule has 0 fully saturated rings. The normalized spacial score (nSPS) is 23.8. The van der Waals surface area contributed by atoms with E-state index in [1.807, 2.05) is 18.2 Å². The fourth-order valence-corrected chi connectivity index (χ4v) is 1.98. The molecule has 0 aliphatic heterocycles. The van der Waals surface area contributed by atoms with Gasteiger partial charge in [-0.05, 0) is 12.0 Å². The molecule has 0 saturated carbocycles. The van der Waals surface area contributed by atoms with Crippen LogP contribution in [0.15, 0.2) is 42.5 Å². The van der Waals surface area contributed by atoms with E-state index in [4.69, 9.17) is 9.47 Å². The number of ether oxygens (including phenoxy) is 2. The summed E-state index contributed by atoms with van der Waals surface area (Å²) in [6.07, 6.45) is 5.63. The Morgan fingerprint density at radius 1 is 1.19 bits per heavy atom. The van der Waals surface area contributed by atoms with Gasteiger partial charge in [0.25, 0.3) is 0 Å². The van der Waals surface area contributed by atoms with Crippen molar-refractivity contribution in [2.24, 2.45) is 5.92 Å². The second-order valence-corrected chi connectivity index (χ2v) is 4.17. The predicted molar refractivity (Wildman–Crippen MR) is 64.1 cm³/mol. The first-order valence-electron chi connectivity index (χ1n) is 5.71. The van der Waals surface area contributed by atoms with Crippen molar-refractivity contribution in [3.63, 3.8) is 0 Å². The van der Waals surface area contributed by atoms with E-state index >= 15 is 0 Å². The topological polar surface area (TPSA) is 18.5 Å². The molecule has 1 aliphatic rings. The monoisotopic (exact) mass is 218 g/mol. The molecule has 0 spiro atoms. The van der Waals surface area contributed by atoms with Crippen LogP contribution in [0.3, 0.4) is 0 Å². The van der Waals surface area contributed by atoms with Gasteiger partial charge in [0.15, 0.2) is 0 Å². The van der Waals surface area contributed by atoms with Crippen LogP contribution in [0.5, 0.6) is 0 Å². The number of methoxy groups -OCH3 is 1. The zero-order valence-corrected chi connectivity index (χ0v) is 9.63. The minimum atomic E-state index is 0.250. The summed E-state index contributed by atoms with van der Waals surface area (Å²) in [7, 11) is 1.74. The van der Waals surface area contributed by atoms with Crippen molar-refractivity contribution >= 4 is 0 Å². The summed E-state index contributed by atoms with van der Waals surface area (Å²) in [6.45, 7) is 1.48. The van der Waals surface area contributed by atoms with Gasteiger partial charge in [-0.3, -0.25) is 0 Å². The first-order valence-corrected chi connectivity index (χ1v) is 5.71. The molecule has 0 saturated heterocycles. The van der Waals surface area contributed by atoms with Gasteiger partial charge in [0.1, 0.15) is 0 Å². The van der Waals surface area contributed by atoms with E-state index in [1.165, 1.54) is 5.56 Å². The molecule has 2 heteroatoms. The van der Waals surface area contributed by atoms with Gasteiger partial charge in [0.05, 0.1) is 19.3 Å². The molecule has 0 radical (unpaired) electrons. The number of hydrogen-bond acceptors (Lipinski definition) is 2. The highest BCUT2D eigenvalue weighted by Gasteiger charge is 2.18. The quantitative estimate of drug-likeness (QED) is 0.707. The number of hydrogen-bond donors (Lipinski definition) is 0. The lowest BCUT2D eigenvalue weighted by atomic mass is 10.1. The Labute approximate surface area is 96.9 Å². The molecular weight excluding hydrogens is 200 g/mol. The van der Waals surface area contributed by atoms with Crippen molar-refractivity contribution < 1.29 is 9.47 Å². The Kier molecular flexibility index (Phi) is 4.14. The summed E-state index contributed by atoms with van der Waals surface area (Å²) in [4.78, 5) is 0. The van der Waals surface area contributed by atoms with Crippen LogP contribution < -0.4 is 0 Å². The van der Waals surface area contributed by atoms with E-state index < -0.39 is 0 Å². The van der Waals surface area contributed by atoms with E-state index in [0.29, 0.717) is 12.5 Å². The summed E-state index contributed by atoms with van der Waals surface area (Å²) in [5.41, 5.74) is 1.23. The van der Waals surface area contributed by atoms with E-state index in [1.54, 1.807) is 7.11 Å². The third-order valence-corrected chi connectivity index (χ3v) is 2.82. The second kappa shape index (κ2) is 5.83. The first kappa shape index (κ1) is 11.4. The molecule has 86 valence electrons. The minimum Gasteiger partial charge on any atom is -0.384 e. The standard InChI is InChI=1S/C14H18O2/c1-15-10-13-7-8-14(9-13)16-11-12-5-3-2-4-6-12/h2-8,13-14H,9-11H2,1H3. The Bertz CT molecular complexity index is 332. The van der Waals surface area contributed by atoms with Gasteiger partial charge in [0, 0.05) is 13.0 Å². The highest BCUT2D eigenvalue weighted by Crippen LogP contribution is 2.21. The van der Waals surface area contributed by atoms with Crippen LogP contribution in [0.1, 0.15) is 12.0 Å². The lowest BCUT2D eigenvalue weighted by molar-refractivity contribution is 0.0582. The third kappa shape index (κ3) is 3.19. The predicted octanol–water partition coefficient (Wildman–Crippen LogP) is 2.79. The van der Waals surface area contributed by atoms with E-state index in [-0.39, 0.29) is 6.10 Å². The van der Waals surface area contributed by atoms with Crippen LogP contribution >= 0.6 is 0 Å². The number of benzene rings is 1. The molecule has 2 unspecified atom stereocenters. The van der Waals surface area contributed by atoms with E-state index in [9.17, 15) is 0 Å². The van der Waals surface area contributed by atoms with Gasteiger partial charge in [0.2, 0.25) is 0 Å². The molecule has 2 atom stereocenters. The number of rotatable bonds is 5. The molecule has 1 aromatic carbocycles. The molecule has 2 nitrogen and oxygen atoms in total. The first-order chi connectivity index (χ1) is 7.88. The molecule has 2 rings (SSSR count). The van der Waals surface area contributed by atoms with Crippen LogP contribution in [-0.2, 0) is 16.1 Å². The zero-order valence-electron chi connectivity index (χ0n) is 9.63. The fourth-order valence-electron chi connectivity index (χ4n) is 1.98. The maximum absolute atomic E-state index is 5.82. The molecule has 0 bridgehead atoms. The van der Waals surface area contributed by atoms with Crippen LogP contribution in [0.4, 0.5) is 0 Å². The Morgan fingerprint density at radius 2 is 2.00 bits per heavy atom. The largest absolute Gasteiger partial charge is 0.384 e. The molecule has 0 heterocycles. The van der Waals surface area contributed by atoms with E-state index in [2.05, 4.69) is 24.3 Å². The van der Waals surface area contributed by atoms with Crippen molar-refractivity contribution in [2.75, 3.05) is 13.7 Å². The highest BCUT2D eigenvalue weighted by molar-refractivity contribution is 5.13. The third-order valence-electron chi connectivity index (χ3n) is 2.82. The molecule has 0 amide bonds. The summed E-state index contributed by atoms with van der Waals surface area (Å²) in [5.74, 6) is 0.519. The average Bonchev–Trinajstić information content (AvgIpc) is 2.76. The van der Waals surface area contributed by atoms with Crippen molar-refractivity contribution in [3.8, 4) is 0 Å². The second-order valence-electron chi connectivity index (χ2n) is 4.17. The van der Waals surface area contributed by atoms with Gasteiger partial charge < -0.3 is 9.47 Å². The zero-order chi connectivity index (χ0) is 11.2. The summed E-state index contributed by atoms with van der Waals surface area (Å²) in [5, 5.41) is 0. The molecule has 0 N–H and O–H groups in total. The SMILES string of the molecule is COCC1C=CC(OCc2ccccc2)C1. The van der Waals surface area contributed by atoms with Gasteiger partial charge in [-0.2, -0.15) is 0 Å². The minimum absolute atomic E-state index is 0.250. The van der Waals surface area contributed by atoms with Crippen molar-refractivity contribution in [1.29, 1.82) is 0 Å². The molecule has 16 heavy (non-hydrogen) atoms. The van der Waals surface area contributed by atoms with Crippen LogP contribution in [0.2, 0.25) is 0 Å². The van der Waals surface area contributed by atoms with Crippen LogP contribution in [-0.4, -0.2) is 19.8 Å². The molecule has 1 aromatic rings. The summed E-state index contributed by atoms with van der Waals surface area (Å²) < 4.78 is 11.0. The van der Waals surface area contributed by atoms with Gasteiger partial charge in [-0.15, -0.1) is 0 Å². The summed E-state index contributed by atoms with van der Waals surface area (Å²) in [6, 6.07) is 10.3. The van der Waals surface area contributed by atoms with Crippen molar-refractivity contribution in [3.05, 3.63) is 48.0 Å².